The molecule has 0 saturated carbocycles. The summed E-state index contributed by atoms with van der Waals surface area (Å²) in [6.07, 6.45) is 0. The molecular formula is C44H24N4O2S. The number of hydrogen-bond acceptors (Lipinski definition) is 7. The zero-order valence-corrected chi connectivity index (χ0v) is 27.7. The van der Waals surface area contributed by atoms with Gasteiger partial charge < -0.3 is 8.83 Å². The molecule has 0 bridgehead atoms. The van der Waals surface area contributed by atoms with Crippen molar-refractivity contribution in [1.82, 2.24) is 19.9 Å². The lowest BCUT2D eigenvalue weighted by Gasteiger charge is -2.10. The maximum atomic E-state index is 6.52. The van der Waals surface area contributed by atoms with Gasteiger partial charge >= 0.3 is 0 Å². The lowest BCUT2D eigenvalue weighted by Crippen LogP contribution is -2.00. The van der Waals surface area contributed by atoms with Crippen molar-refractivity contribution >= 4 is 76.2 Å². The molecule has 0 unspecified atom stereocenters. The molecule has 0 aliphatic carbocycles. The predicted molar refractivity (Wildman–Crippen MR) is 207 cm³/mol. The third-order valence-electron chi connectivity index (χ3n) is 9.55. The molecule has 0 N–H and O–H groups in total. The Bertz CT molecular complexity index is 3160. The molecule has 7 aromatic carbocycles. The van der Waals surface area contributed by atoms with Crippen molar-refractivity contribution < 1.29 is 8.83 Å². The van der Waals surface area contributed by atoms with Gasteiger partial charge in [0.1, 0.15) is 27.3 Å². The minimum atomic E-state index is 0.562. The van der Waals surface area contributed by atoms with E-state index in [1.807, 2.05) is 72.8 Å². The quantitative estimate of drug-likeness (QED) is 0.185. The fraction of sp³-hybridized carbons (Fsp3) is 0. The monoisotopic (exact) mass is 672 g/mol. The largest absolute Gasteiger partial charge is 0.456 e. The van der Waals surface area contributed by atoms with Gasteiger partial charge in [-0.05, 0) is 41.1 Å². The molecule has 0 amide bonds. The highest BCUT2D eigenvalue weighted by Crippen LogP contribution is 2.41. The number of aromatic nitrogens is 4. The number of fused-ring (bicyclic) bond motifs is 8. The fourth-order valence-corrected chi connectivity index (χ4v) is 8.15. The molecule has 7 heteroatoms. The van der Waals surface area contributed by atoms with E-state index < -0.39 is 0 Å². The van der Waals surface area contributed by atoms with Crippen LogP contribution in [0.2, 0.25) is 0 Å². The van der Waals surface area contributed by atoms with Crippen LogP contribution in [0.15, 0.2) is 154 Å². The average Bonchev–Trinajstić information content (AvgIpc) is 3.89. The van der Waals surface area contributed by atoms with E-state index in [1.54, 1.807) is 11.3 Å². The Morgan fingerprint density at radius 3 is 1.86 bits per heavy atom. The highest BCUT2D eigenvalue weighted by molar-refractivity contribution is 7.21. The Morgan fingerprint density at radius 1 is 0.412 bits per heavy atom. The van der Waals surface area contributed by atoms with Gasteiger partial charge in [0, 0.05) is 49.9 Å². The summed E-state index contributed by atoms with van der Waals surface area (Å²) in [6.45, 7) is 0. The molecule has 11 rings (SSSR count). The standard InChI is InChI=1S/C44H24N4O2S/c1-2-11-26(12-3-1)41-46-42(30-15-8-18-35-39(30)29-14-6-7-17-34(29)49-35)48-43(47-41)31-16-9-19-36-40(31)32-23-33-38(24-37(32)50-36)51-44(45-33)28-21-20-25-10-4-5-13-27(25)22-28/h1-24H. The highest BCUT2D eigenvalue weighted by atomic mass is 32.1. The van der Waals surface area contributed by atoms with Crippen LogP contribution >= 0.6 is 11.3 Å². The number of nitrogens with zero attached hydrogens (tertiary/aromatic N) is 4. The van der Waals surface area contributed by atoms with E-state index in [2.05, 4.69) is 72.8 Å². The summed E-state index contributed by atoms with van der Waals surface area (Å²) >= 11 is 1.67. The third kappa shape index (κ3) is 4.49. The van der Waals surface area contributed by atoms with Crippen LogP contribution in [0.1, 0.15) is 0 Å². The van der Waals surface area contributed by atoms with Gasteiger partial charge in [-0.3, -0.25) is 0 Å². The number of hydrogen-bond donors (Lipinski definition) is 0. The number of thiazole rings is 1. The van der Waals surface area contributed by atoms with E-state index in [9.17, 15) is 0 Å². The van der Waals surface area contributed by atoms with E-state index in [4.69, 9.17) is 28.8 Å². The molecule has 0 saturated heterocycles. The molecule has 0 atom stereocenters. The predicted octanol–water partition coefficient (Wildman–Crippen LogP) is 12.1. The Labute approximate surface area is 294 Å². The molecule has 0 spiro atoms. The van der Waals surface area contributed by atoms with Gasteiger partial charge in [0.15, 0.2) is 17.5 Å². The molecular weight excluding hydrogens is 649 g/mol. The Hall–Kier alpha value is -6.70. The summed E-state index contributed by atoms with van der Waals surface area (Å²) in [7, 11) is 0. The maximum Gasteiger partial charge on any atom is 0.164 e. The number of furan rings is 2. The average molecular weight is 673 g/mol. The molecule has 4 heterocycles. The van der Waals surface area contributed by atoms with Gasteiger partial charge in [-0.25, -0.2) is 19.9 Å². The SMILES string of the molecule is c1ccc(-c2nc(-c3cccc4oc5ccccc5c34)nc(-c3cccc4oc5cc6sc(-c7ccc8ccccc8c7)nc6cc5c34)n2)cc1. The van der Waals surface area contributed by atoms with E-state index in [1.165, 1.54) is 10.8 Å². The first kappa shape index (κ1) is 28.2. The van der Waals surface area contributed by atoms with E-state index in [0.717, 1.165) is 81.4 Å². The van der Waals surface area contributed by atoms with Crippen LogP contribution in [0.5, 0.6) is 0 Å². The van der Waals surface area contributed by atoms with Crippen molar-refractivity contribution in [2.45, 2.75) is 0 Å². The maximum absolute atomic E-state index is 6.52. The smallest absolute Gasteiger partial charge is 0.164 e. The number of para-hydroxylation sites is 1. The van der Waals surface area contributed by atoms with Gasteiger partial charge in [0.2, 0.25) is 0 Å². The lowest BCUT2D eigenvalue weighted by molar-refractivity contribution is 0.669. The summed E-state index contributed by atoms with van der Waals surface area (Å²) < 4.78 is 13.8. The molecule has 11 aromatic rings. The van der Waals surface area contributed by atoms with Crippen LogP contribution in [0.25, 0.3) is 110 Å². The number of rotatable bonds is 4. The highest BCUT2D eigenvalue weighted by Gasteiger charge is 2.21. The molecule has 6 nitrogen and oxygen atoms in total. The van der Waals surface area contributed by atoms with Gasteiger partial charge in [-0.1, -0.05) is 109 Å². The summed E-state index contributed by atoms with van der Waals surface area (Å²) in [4.78, 5) is 20.5. The molecule has 4 aromatic heterocycles. The molecule has 51 heavy (non-hydrogen) atoms. The Kier molecular flexibility index (Phi) is 6.02. The first-order valence-electron chi connectivity index (χ1n) is 16.7. The van der Waals surface area contributed by atoms with E-state index in [0.29, 0.717) is 17.5 Å². The van der Waals surface area contributed by atoms with Crippen LogP contribution in [0.4, 0.5) is 0 Å². The van der Waals surface area contributed by atoms with Crippen LogP contribution in [0.3, 0.4) is 0 Å². The first-order valence-corrected chi connectivity index (χ1v) is 17.5. The van der Waals surface area contributed by atoms with Crippen molar-refractivity contribution in [3.05, 3.63) is 146 Å². The van der Waals surface area contributed by atoms with Crippen molar-refractivity contribution in [3.8, 4) is 44.7 Å². The second-order valence-corrected chi connectivity index (χ2v) is 13.7. The van der Waals surface area contributed by atoms with Crippen LogP contribution in [-0.2, 0) is 0 Å². The zero-order valence-electron chi connectivity index (χ0n) is 26.9. The van der Waals surface area contributed by atoms with Gasteiger partial charge in [-0.2, -0.15) is 0 Å². The normalized spacial score (nSPS) is 11.9. The molecule has 0 radical (unpaired) electrons. The zero-order chi connectivity index (χ0) is 33.5. The summed E-state index contributed by atoms with van der Waals surface area (Å²) in [5.41, 5.74) is 7.85. The molecule has 0 aliphatic heterocycles. The second-order valence-electron chi connectivity index (χ2n) is 12.6. The fourth-order valence-electron chi connectivity index (χ4n) is 7.17. The van der Waals surface area contributed by atoms with E-state index >= 15 is 0 Å². The van der Waals surface area contributed by atoms with E-state index in [-0.39, 0.29) is 0 Å². The van der Waals surface area contributed by atoms with Crippen LogP contribution < -0.4 is 0 Å². The minimum Gasteiger partial charge on any atom is -0.456 e. The summed E-state index contributed by atoms with van der Waals surface area (Å²) in [6, 6.07) is 49.4. The topological polar surface area (TPSA) is 77.8 Å². The van der Waals surface area contributed by atoms with Gasteiger partial charge in [0.05, 0.1) is 10.2 Å². The molecule has 0 fully saturated rings. The Balaban J connectivity index is 1.13. The molecule has 238 valence electrons. The minimum absolute atomic E-state index is 0.562. The van der Waals surface area contributed by atoms with Gasteiger partial charge in [0.25, 0.3) is 0 Å². The molecule has 0 aliphatic rings. The van der Waals surface area contributed by atoms with Crippen LogP contribution in [-0.4, -0.2) is 19.9 Å². The lowest BCUT2D eigenvalue weighted by atomic mass is 10.0. The van der Waals surface area contributed by atoms with Crippen molar-refractivity contribution in [2.75, 3.05) is 0 Å². The Morgan fingerprint density at radius 2 is 1.06 bits per heavy atom. The van der Waals surface area contributed by atoms with Crippen molar-refractivity contribution in [3.63, 3.8) is 0 Å². The van der Waals surface area contributed by atoms with Crippen molar-refractivity contribution in [1.29, 1.82) is 0 Å². The third-order valence-corrected chi connectivity index (χ3v) is 10.6. The van der Waals surface area contributed by atoms with Crippen molar-refractivity contribution in [2.24, 2.45) is 0 Å². The number of benzene rings is 7. The second kappa shape index (κ2) is 10.9. The first-order chi connectivity index (χ1) is 25.2. The van der Waals surface area contributed by atoms with Crippen LogP contribution in [0, 0.1) is 0 Å². The van der Waals surface area contributed by atoms with Gasteiger partial charge in [-0.15, -0.1) is 11.3 Å². The summed E-state index contributed by atoms with van der Waals surface area (Å²) in [5, 5.41) is 7.29. The summed E-state index contributed by atoms with van der Waals surface area (Å²) in [5.74, 6) is 1.72.